The number of nitrogens with one attached hydrogen (secondary N) is 1. The maximum absolute atomic E-state index is 13.6. The zero-order valence-corrected chi connectivity index (χ0v) is 20.7. The van der Waals surface area contributed by atoms with E-state index >= 15 is 0 Å². The summed E-state index contributed by atoms with van der Waals surface area (Å²) in [5.41, 5.74) is 9.27. The molecule has 4 aromatic rings. The van der Waals surface area contributed by atoms with Gasteiger partial charge in [0, 0.05) is 17.6 Å². The van der Waals surface area contributed by atoms with Gasteiger partial charge in [-0.2, -0.15) is 5.10 Å². The van der Waals surface area contributed by atoms with Crippen molar-refractivity contribution < 1.29 is 9.23 Å². The molecular formula is C27H31FN8O. The van der Waals surface area contributed by atoms with Gasteiger partial charge in [0.1, 0.15) is 30.4 Å². The molecular weight excluding hydrogens is 471 g/mol. The maximum Gasteiger partial charge on any atom is 0.144 e. The third-order valence-electron chi connectivity index (χ3n) is 6.46. The molecule has 0 atom stereocenters. The second-order valence-electron chi connectivity index (χ2n) is 9.18. The number of hydrogen-bond donors (Lipinski definition) is 2. The van der Waals surface area contributed by atoms with E-state index in [1.165, 1.54) is 50.8 Å². The number of benzene rings is 2. The molecule has 2 aromatic heterocycles. The van der Waals surface area contributed by atoms with Crippen LogP contribution in [-0.4, -0.2) is 57.1 Å². The van der Waals surface area contributed by atoms with Crippen molar-refractivity contribution >= 4 is 34.4 Å². The van der Waals surface area contributed by atoms with Crippen LogP contribution in [0.2, 0.25) is 0 Å². The standard InChI is InChI=1S/C27H31FN8O/c28-22-7-4-6-20(14-22)18-36-25-9-8-23(15-21(25)16-32-36)34-27-24(26(29)30-19-31-27)17-33-37-13-5-12-35-10-2-1-3-11-35/h4,6-9,14-17,19H,1-3,5,10-13,18H2,(H3,29,30,31,34)/b33-17+. The van der Waals surface area contributed by atoms with Crippen molar-refractivity contribution in [3.63, 3.8) is 0 Å². The molecule has 2 aromatic carbocycles. The van der Waals surface area contributed by atoms with Crippen molar-refractivity contribution in [2.75, 3.05) is 37.3 Å². The molecule has 0 bridgehead atoms. The average molecular weight is 503 g/mol. The van der Waals surface area contributed by atoms with Gasteiger partial charge < -0.3 is 20.8 Å². The van der Waals surface area contributed by atoms with E-state index in [1.54, 1.807) is 18.5 Å². The molecule has 1 fully saturated rings. The molecule has 3 heterocycles. The number of oxime groups is 1. The molecule has 0 aliphatic carbocycles. The van der Waals surface area contributed by atoms with E-state index in [9.17, 15) is 4.39 Å². The van der Waals surface area contributed by atoms with Crippen LogP contribution < -0.4 is 11.1 Å². The first-order valence-corrected chi connectivity index (χ1v) is 12.6. The minimum absolute atomic E-state index is 0.258. The van der Waals surface area contributed by atoms with Crippen molar-refractivity contribution in [1.29, 1.82) is 0 Å². The van der Waals surface area contributed by atoms with Crippen molar-refractivity contribution in [3.8, 4) is 0 Å². The second kappa shape index (κ2) is 11.8. The molecule has 3 N–H and O–H groups in total. The highest BCUT2D eigenvalue weighted by molar-refractivity contribution is 5.93. The van der Waals surface area contributed by atoms with Gasteiger partial charge in [-0.25, -0.2) is 14.4 Å². The summed E-state index contributed by atoms with van der Waals surface area (Å²) in [5, 5.41) is 12.8. The van der Waals surface area contributed by atoms with Crippen molar-refractivity contribution in [2.24, 2.45) is 5.16 Å². The van der Waals surface area contributed by atoms with Gasteiger partial charge in [-0.1, -0.05) is 23.7 Å². The lowest BCUT2D eigenvalue weighted by Crippen LogP contribution is -2.31. The van der Waals surface area contributed by atoms with Crippen LogP contribution in [0.1, 0.15) is 36.8 Å². The van der Waals surface area contributed by atoms with Gasteiger partial charge in [-0.15, -0.1) is 0 Å². The molecule has 9 nitrogen and oxygen atoms in total. The minimum atomic E-state index is -0.258. The van der Waals surface area contributed by atoms with E-state index < -0.39 is 0 Å². The zero-order valence-electron chi connectivity index (χ0n) is 20.7. The summed E-state index contributed by atoms with van der Waals surface area (Å²) in [6.07, 6.45) is 9.57. The normalized spacial score (nSPS) is 14.4. The number of aromatic nitrogens is 4. The van der Waals surface area contributed by atoms with Crippen molar-refractivity contribution in [3.05, 3.63) is 71.9 Å². The summed E-state index contributed by atoms with van der Waals surface area (Å²) >= 11 is 0. The molecule has 37 heavy (non-hydrogen) atoms. The lowest BCUT2D eigenvalue weighted by Gasteiger charge is -2.25. The highest BCUT2D eigenvalue weighted by Gasteiger charge is 2.11. The van der Waals surface area contributed by atoms with E-state index in [4.69, 9.17) is 10.6 Å². The Balaban J connectivity index is 1.22. The zero-order chi connectivity index (χ0) is 25.5. The Hall–Kier alpha value is -4.05. The topological polar surface area (TPSA) is 106 Å². The second-order valence-corrected chi connectivity index (χ2v) is 9.18. The highest BCUT2D eigenvalue weighted by atomic mass is 19.1. The number of halogens is 1. The fraction of sp³-hybridized carbons (Fsp3) is 0.333. The summed E-state index contributed by atoms with van der Waals surface area (Å²) in [5.74, 6) is 0.577. The molecule has 0 spiro atoms. The van der Waals surface area contributed by atoms with E-state index in [-0.39, 0.29) is 5.82 Å². The maximum atomic E-state index is 13.6. The molecule has 0 saturated carbocycles. The van der Waals surface area contributed by atoms with Crippen molar-refractivity contribution in [2.45, 2.75) is 32.2 Å². The van der Waals surface area contributed by atoms with Crippen LogP contribution in [0, 0.1) is 5.82 Å². The van der Waals surface area contributed by atoms with E-state index in [0.29, 0.717) is 30.4 Å². The largest absolute Gasteiger partial charge is 0.396 e. The number of likely N-dealkylation sites (tertiary alicyclic amines) is 1. The molecule has 5 rings (SSSR count). The van der Waals surface area contributed by atoms with Crippen molar-refractivity contribution in [1.82, 2.24) is 24.6 Å². The predicted molar refractivity (Wildman–Crippen MR) is 143 cm³/mol. The van der Waals surface area contributed by atoms with Gasteiger partial charge in [-0.05, 0) is 68.2 Å². The number of anilines is 3. The summed E-state index contributed by atoms with van der Waals surface area (Å²) in [4.78, 5) is 16.4. The SMILES string of the molecule is Nc1ncnc(Nc2ccc3c(cnn3Cc3cccc(F)c3)c2)c1/C=N/OCCCN1CCCCC1. The third kappa shape index (κ3) is 6.39. The summed E-state index contributed by atoms with van der Waals surface area (Å²) < 4.78 is 15.4. The molecule has 0 unspecified atom stereocenters. The first-order chi connectivity index (χ1) is 18.2. The summed E-state index contributed by atoms with van der Waals surface area (Å²) in [6, 6.07) is 12.4. The van der Waals surface area contributed by atoms with Crippen LogP contribution in [0.15, 0.2) is 60.1 Å². The lowest BCUT2D eigenvalue weighted by molar-refractivity contribution is 0.125. The van der Waals surface area contributed by atoms with E-state index in [0.717, 1.165) is 35.1 Å². The van der Waals surface area contributed by atoms with Crippen LogP contribution >= 0.6 is 0 Å². The number of piperidine rings is 1. The quantitative estimate of drug-likeness (QED) is 0.186. The predicted octanol–water partition coefficient (Wildman–Crippen LogP) is 4.57. The van der Waals surface area contributed by atoms with Gasteiger partial charge in [0.15, 0.2) is 0 Å². The van der Waals surface area contributed by atoms with Gasteiger partial charge in [0.25, 0.3) is 0 Å². The number of nitrogens with zero attached hydrogens (tertiary/aromatic N) is 6. The molecule has 1 aliphatic heterocycles. The fourth-order valence-corrected chi connectivity index (χ4v) is 4.55. The third-order valence-corrected chi connectivity index (χ3v) is 6.46. The first-order valence-electron chi connectivity index (χ1n) is 12.6. The van der Waals surface area contributed by atoms with Crippen LogP contribution in [0.5, 0.6) is 0 Å². The van der Waals surface area contributed by atoms with Crippen LogP contribution in [-0.2, 0) is 11.4 Å². The Labute approximate surface area is 215 Å². The number of nitrogen functional groups attached to an aromatic ring is 1. The number of hydrogen-bond acceptors (Lipinski definition) is 8. The Kier molecular flexibility index (Phi) is 7.85. The molecule has 1 aliphatic rings. The Morgan fingerprint density at radius 1 is 1.11 bits per heavy atom. The van der Waals surface area contributed by atoms with Gasteiger partial charge in [0.05, 0.1) is 30.0 Å². The fourth-order valence-electron chi connectivity index (χ4n) is 4.55. The van der Waals surface area contributed by atoms with Crippen LogP contribution in [0.3, 0.4) is 0 Å². The Morgan fingerprint density at radius 3 is 2.86 bits per heavy atom. The number of fused-ring (bicyclic) bond motifs is 1. The molecule has 1 saturated heterocycles. The van der Waals surface area contributed by atoms with Gasteiger partial charge in [0.2, 0.25) is 0 Å². The Bertz CT molecular complexity index is 1370. The minimum Gasteiger partial charge on any atom is -0.396 e. The molecule has 0 radical (unpaired) electrons. The molecule has 192 valence electrons. The highest BCUT2D eigenvalue weighted by Crippen LogP contribution is 2.25. The monoisotopic (exact) mass is 502 g/mol. The Morgan fingerprint density at radius 2 is 2.00 bits per heavy atom. The molecule has 10 heteroatoms. The van der Waals surface area contributed by atoms with E-state index in [1.807, 2.05) is 28.9 Å². The van der Waals surface area contributed by atoms with Crippen LogP contribution in [0.25, 0.3) is 10.9 Å². The number of nitrogens with two attached hydrogens (primary N) is 1. The number of rotatable bonds is 10. The van der Waals surface area contributed by atoms with Gasteiger partial charge >= 0.3 is 0 Å². The first kappa shape index (κ1) is 24.6. The lowest BCUT2D eigenvalue weighted by atomic mass is 10.1. The van der Waals surface area contributed by atoms with Crippen LogP contribution in [0.4, 0.5) is 21.7 Å². The van der Waals surface area contributed by atoms with Gasteiger partial charge in [-0.3, -0.25) is 4.68 Å². The summed E-state index contributed by atoms with van der Waals surface area (Å²) in [6.45, 7) is 4.40. The average Bonchev–Trinajstić information content (AvgIpc) is 3.30. The smallest absolute Gasteiger partial charge is 0.144 e. The summed E-state index contributed by atoms with van der Waals surface area (Å²) in [7, 11) is 0. The van der Waals surface area contributed by atoms with E-state index in [2.05, 4.69) is 30.4 Å². The molecule has 0 amide bonds.